The summed E-state index contributed by atoms with van der Waals surface area (Å²) in [5, 5.41) is 0. The summed E-state index contributed by atoms with van der Waals surface area (Å²) < 4.78 is 2.90. The summed E-state index contributed by atoms with van der Waals surface area (Å²) in [6, 6.07) is 8.55. The quantitative estimate of drug-likeness (QED) is 0.475. The van der Waals surface area contributed by atoms with Gasteiger partial charge in [-0.15, -0.1) is 0 Å². The molecule has 0 saturated carbocycles. The molecule has 0 aromatic heterocycles. The summed E-state index contributed by atoms with van der Waals surface area (Å²) in [5.74, 6) is 3.04. The van der Waals surface area contributed by atoms with Crippen LogP contribution in [0.5, 0.6) is 0 Å². The van der Waals surface area contributed by atoms with E-state index in [2.05, 4.69) is 41.7 Å². The fourth-order valence-electron chi connectivity index (χ4n) is 1.28. The van der Waals surface area contributed by atoms with Crippen LogP contribution in [0.3, 0.4) is 0 Å². The third-order valence-electron chi connectivity index (χ3n) is 2.04. The molecule has 0 aliphatic heterocycles. The Balaban J connectivity index is 2.62. The van der Waals surface area contributed by atoms with Gasteiger partial charge < -0.3 is 0 Å². The number of rotatable bonds is 3. The molecule has 0 bridgehead atoms. The van der Waals surface area contributed by atoms with Crippen LogP contribution in [-0.2, 0) is 6.42 Å². The van der Waals surface area contributed by atoms with Crippen molar-refractivity contribution in [2.45, 2.75) is 26.2 Å². The van der Waals surface area contributed by atoms with Crippen LogP contribution < -0.4 is 0 Å². The summed E-state index contributed by atoms with van der Waals surface area (Å²) in [6.07, 6.45) is 3.73. The molecule has 0 aliphatic carbocycles. The molecule has 0 aliphatic rings. The standard InChI is InChI=1S/C12H13.Li/c1-3-5-6-12-9-7-11(4-2)8-10-12;/h7-10H,3,5-6H2,1H3;. The van der Waals surface area contributed by atoms with E-state index in [1.807, 2.05) is 17.7 Å². The Hall–Kier alpha value is -0.623. The molecule has 62 valence electrons. The van der Waals surface area contributed by atoms with E-state index in [0.717, 1.165) is 5.56 Å². The predicted octanol–water partition coefficient (Wildman–Crippen LogP) is 2.51. The molecule has 1 heteroatoms. The van der Waals surface area contributed by atoms with Crippen molar-refractivity contribution in [1.82, 2.24) is 0 Å². The predicted molar refractivity (Wildman–Crippen MR) is 57.7 cm³/mol. The van der Waals surface area contributed by atoms with Gasteiger partial charge in [0.1, 0.15) is 0 Å². The van der Waals surface area contributed by atoms with Crippen LogP contribution in [0.4, 0.5) is 0 Å². The van der Waals surface area contributed by atoms with Gasteiger partial charge in [0.05, 0.1) is 0 Å². The number of unbranched alkanes of at least 4 members (excludes halogenated alkanes) is 1. The first-order chi connectivity index (χ1) is 6.36. The van der Waals surface area contributed by atoms with Crippen molar-refractivity contribution in [1.29, 1.82) is 0 Å². The molecule has 1 rings (SSSR count). The Labute approximate surface area is 89.9 Å². The average Bonchev–Trinajstić information content (AvgIpc) is 2.17. The molecule has 0 radical (unpaired) electrons. The fourth-order valence-corrected chi connectivity index (χ4v) is 1.28. The maximum atomic E-state index is 3.04. The molecule has 0 amide bonds. The van der Waals surface area contributed by atoms with Crippen LogP contribution >= 0.6 is 0 Å². The first kappa shape index (κ1) is 10.5. The van der Waals surface area contributed by atoms with Gasteiger partial charge in [-0.25, -0.2) is 0 Å². The molecular formula is C12H13Li. The second-order valence-electron chi connectivity index (χ2n) is 3.18. The van der Waals surface area contributed by atoms with Crippen molar-refractivity contribution >= 4 is 17.7 Å². The van der Waals surface area contributed by atoms with Gasteiger partial charge in [-0.1, -0.05) is 0 Å². The Morgan fingerprint density at radius 1 is 1.23 bits per heavy atom. The molecule has 13 heavy (non-hydrogen) atoms. The third kappa shape index (κ3) is 3.73. The monoisotopic (exact) mass is 164 g/mol. The van der Waals surface area contributed by atoms with E-state index >= 15 is 0 Å². The summed E-state index contributed by atoms with van der Waals surface area (Å²) in [4.78, 5) is 0. The Morgan fingerprint density at radius 3 is 2.46 bits per heavy atom. The summed E-state index contributed by atoms with van der Waals surface area (Å²) >= 11 is 1.87. The van der Waals surface area contributed by atoms with Crippen molar-refractivity contribution in [3.8, 4) is 10.5 Å². The van der Waals surface area contributed by atoms with Crippen molar-refractivity contribution in [2.24, 2.45) is 0 Å². The van der Waals surface area contributed by atoms with Gasteiger partial charge in [0, 0.05) is 0 Å². The van der Waals surface area contributed by atoms with E-state index in [9.17, 15) is 0 Å². The number of aryl methyl sites for hydroxylation is 1. The molecule has 1 aromatic carbocycles. The summed E-state index contributed by atoms with van der Waals surface area (Å²) in [6.45, 7) is 2.22. The van der Waals surface area contributed by atoms with E-state index in [4.69, 9.17) is 0 Å². The Kier molecular flexibility index (Phi) is 4.77. The van der Waals surface area contributed by atoms with Gasteiger partial charge in [0.25, 0.3) is 0 Å². The van der Waals surface area contributed by atoms with Crippen molar-refractivity contribution in [3.05, 3.63) is 35.4 Å². The summed E-state index contributed by atoms with van der Waals surface area (Å²) in [7, 11) is 0. The van der Waals surface area contributed by atoms with Crippen molar-refractivity contribution < 1.29 is 0 Å². The van der Waals surface area contributed by atoms with E-state index in [0.29, 0.717) is 0 Å². The van der Waals surface area contributed by atoms with E-state index in [1.165, 1.54) is 24.8 Å². The van der Waals surface area contributed by atoms with Crippen LogP contribution in [0.2, 0.25) is 0 Å². The normalized spacial score (nSPS) is 9.15. The second-order valence-corrected chi connectivity index (χ2v) is 3.18. The zero-order valence-corrected chi connectivity index (χ0v) is 8.43. The van der Waals surface area contributed by atoms with Gasteiger partial charge >= 0.3 is 89.8 Å². The SMILES string of the molecule is [Li][C]#Cc1ccc(CCCC)cc1. The zero-order valence-electron chi connectivity index (χ0n) is 8.43. The molecule has 0 N–H and O–H groups in total. The molecule has 1 aromatic rings. The molecule has 0 unspecified atom stereocenters. The Bertz CT molecular complexity index is 300. The molecule has 0 saturated heterocycles. The molecule has 0 fully saturated rings. The first-order valence-electron chi connectivity index (χ1n) is 4.88. The zero-order chi connectivity index (χ0) is 9.52. The van der Waals surface area contributed by atoms with Crippen LogP contribution in [-0.4, -0.2) is 17.7 Å². The van der Waals surface area contributed by atoms with Crippen LogP contribution in [0.15, 0.2) is 24.3 Å². The minimum atomic E-state index is 1.11. The van der Waals surface area contributed by atoms with Crippen LogP contribution in [0, 0.1) is 10.5 Å². The fraction of sp³-hybridized carbons (Fsp3) is 0.333. The van der Waals surface area contributed by atoms with E-state index in [-0.39, 0.29) is 0 Å². The van der Waals surface area contributed by atoms with Gasteiger partial charge in [0.15, 0.2) is 0 Å². The average molecular weight is 164 g/mol. The molecule has 0 heterocycles. The van der Waals surface area contributed by atoms with Gasteiger partial charge in [0.2, 0.25) is 0 Å². The van der Waals surface area contributed by atoms with Gasteiger partial charge in [-0.05, 0) is 0 Å². The van der Waals surface area contributed by atoms with Gasteiger partial charge in [-0.2, -0.15) is 0 Å². The molecule has 0 atom stereocenters. The Morgan fingerprint density at radius 2 is 1.92 bits per heavy atom. The minimum absolute atomic E-state index is 1.11. The second kappa shape index (κ2) is 5.93. The first-order valence-corrected chi connectivity index (χ1v) is 4.88. The number of benzene rings is 1. The van der Waals surface area contributed by atoms with Crippen LogP contribution in [0.1, 0.15) is 30.9 Å². The van der Waals surface area contributed by atoms with Gasteiger partial charge in [-0.3, -0.25) is 0 Å². The topological polar surface area (TPSA) is 0 Å². The van der Waals surface area contributed by atoms with E-state index < -0.39 is 0 Å². The van der Waals surface area contributed by atoms with Crippen molar-refractivity contribution in [2.75, 3.05) is 0 Å². The molecular weight excluding hydrogens is 151 g/mol. The van der Waals surface area contributed by atoms with Crippen LogP contribution in [0.25, 0.3) is 0 Å². The van der Waals surface area contributed by atoms with E-state index in [1.54, 1.807) is 0 Å². The van der Waals surface area contributed by atoms with Crippen molar-refractivity contribution in [3.63, 3.8) is 0 Å². The summed E-state index contributed by atoms with van der Waals surface area (Å²) in [5.41, 5.74) is 2.53. The number of hydrogen-bond donors (Lipinski definition) is 0. The molecule has 0 nitrogen and oxygen atoms in total. The maximum absolute atomic E-state index is 3.04. The number of hydrogen-bond acceptors (Lipinski definition) is 0. The molecule has 0 spiro atoms. The third-order valence-corrected chi connectivity index (χ3v) is 2.04.